The highest BCUT2D eigenvalue weighted by Gasteiger charge is 1.96. The van der Waals surface area contributed by atoms with Gasteiger partial charge in [-0.2, -0.15) is 0 Å². The van der Waals surface area contributed by atoms with Gasteiger partial charge >= 0.3 is 5.97 Å². The first-order valence-electron chi connectivity index (χ1n) is 7.40. The molecule has 0 bridgehead atoms. The normalized spacial score (nSPS) is 11.3. The SMILES string of the molecule is C=C(C)/C(Br)=C\C=C(/C)C(=O)Cl.CCC.CN/C(C)=C/C(=O)OC. The first-order chi connectivity index (χ1) is 11.1. The van der Waals surface area contributed by atoms with Gasteiger partial charge in [-0.25, -0.2) is 4.79 Å². The number of carbonyl (C=O) groups excluding carboxylic acids is 2. The van der Waals surface area contributed by atoms with E-state index >= 15 is 0 Å². The Hall–Kier alpha value is -1.33. The summed E-state index contributed by atoms with van der Waals surface area (Å²) in [5.41, 5.74) is 2.21. The summed E-state index contributed by atoms with van der Waals surface area (Å²) in [5, 5.41) is 2.35. The van der Waals surface area contributed by atoms with Crippen LogP contribution in [-0.4, -0.2) is 25.4 Å². The number of esters is 1. The molecule has 0 saturated carbocycles. The maximum absolute atomic E-state index is 10.6. The van der Waals surface area contributed by atoms with Crippen LogP contribution in [0.15, 0.2) is 46.1 Å². The van der Waals surface area contributed by atoms with E-state index in [1.807, 2.05) is 6.92 Å². The van der Waals surface area contributed by atoms with Crippen LogP contribution in [0, 0.1) is 0 Å². The first-order valence-corrected chi connectivity index (χ1v) is 8.58. The topological polar surface area (TPSA) is 55.4 Å². The van der Waals surface area contributed by atoms with E-state index in [1.165, 1.54) is 19.6 Å². The molecule has 0 radical (unpaired) electrons. The lowest BCUT2D eigenvalue weighted by Gasteiger charge is -1.95. The van der Waals surface area contributed by atoms with Gasteiger partial charge in [0.25, 0.3) is 0 Å². The molecule has 0 fully saturated rings. The van der Waals surface area contributed by atoms with E-state index in [0.717, 1.165) is 15.8 Å². The van der Waals surface area contributed by atoms with Gasteiger partial charge in [0.1, 0.15) is 0 Å². The lowest BCUT2D eigenvalue weighted by atomic mass is 10.2. The molecule has 0 aromatic rings. The van der Waals surface area contributed by atoms with Gasteiger partial charge in [0.2, 0.25) is 5.24 Å². The van der Waals surface area contributed by atoms with Crippen molar-refractivity contribution in [2.75, 3.05) is 14.2 Å². The lowest BCUT2D eigenvalue weighted by Crippen LogP contribution is -2.05. The molecule has 0 spiro atoms. The van der Waals surface area contributed by atoms with Crippen LogP contribution in [0.1, 0.15) is 41.0 Å². The molecule has 4 nitrogen and oxygen atoms in total. The molecule has 138 valence electrons. The molecule has 0 aliphatic rings. The summed E-state index contributed by atoms with van der Waals surface area (Å²) in [6, 6.07) is 0. The van der Waals surface area contributed by atoms with Gasteiger partial charge < -0.3 is 10.1 Å². The third-order valence-electron chi connectivity index (χ3n) is 2.13. The van der Waals surface area contributed by atoms with E-state index in [0.29, 0.717) is 5.57 Å². The van der Waals surface area contributed by atoms with Crippen LogP contribution in [0.2, 0.25) is 0 Å². The highest BCUT2D eigenvalue weighted by molar-refractivity contribution is 9.12. The molecule has 0 aromatic heterocycles. The second-order valence-electron chi connectivity index (χ2n) is 4.73. The Morgan fingerprint density at radius 3 is 1.96 bits per heavy atom. The summed E-state index contributed by atoms with van der Waals surface area (Å²) in [6.45, 7) is 13.3. The molecule has 0 amide bonds. The second-order valence-corrected chi connectivity index (χ2v) is 5.92. The average Bonchev–Trinajstić information content (AvgIpc) is 2.52. The molecule has 1 N–H and O–H groups in total. The summed E-state index contributed by atoms with van der Waals surface area (Å²) in [6.07, 6.45) is 6.03. The van der Waals surface area contributed by atoms with Gasteiger partial charge in [0.05, 0.1) is 7.11 Å². The summed E-state index contributed by atoms with van der Waals surface area (Å²) < 4.78 is 5.23. The van der Waals surface area contributed by atoms with Crippen molar-refractivity contribution in [3.8, 4) is 0 Å². The van der Waals surface area contributed by atoms with Crippen molar-refractivity contribution in [3.63, 3.8) is 0 Å². The Morgan fingerprint density at radius 2 is 1.67 bits per heavy atom. The van der Waals surface area contributed by atoms with Crippen LogP contribution in [-0.2, 0) is 14.3 Å². The summed E-state index contributed by atoms with van der Waals surface area (Å²) >= 11 is 8.50. The largest absolute Gasteiger partial charge is 0.466 e. The number of methoxy groups -OCH3 is 1. The summed E-state index contributed by atoms with van der Waals surface area (Å²) in [4.78, 5) is 21.0. The van der Waals surface area contributed by atoms with Crippen LogP contribution < -0.4 is 5.32 Å². The zero-order chi connectivity index (χ0) is 19.7. The number of hydrogen-bond acceptors (Lipinski definition) is 4. The summed E-state index contributed by atoms with van der Waals surface area (Å²) in [5.74, 6) is -0.332. The van der Waals surface area contributed by atoms with Crippen molar-refractivity contribution < 1.29 is 14.3 Å². The van der Waals surface area contributed by atoms with E-state index in [4.69, 9.17) is 11.6 Å². The predicted octanol–water partition coefficient (Wildman–Crippen LogP) is 5.25. The third-order valence-corrected chi connectivity index (χ3v) is 3.37. The quantitative estimate of drug-likeness (QED) is 0.284. The van der Waals surface area contributed by atoms with Crippen molar-refractivity contribution in [2.24, 2.45) is 0 Å². The van der Waals surface area contributed by atoms with E-state index in [-0.39, 0.29) is 5.97 Å². The summed E-state index contributed by atoms with van der Waals surface area (Å²) in [7, 11) is 3.09. The van der Waals surface area contributed by atoms with Crippen LogP contribution in [0.25, 0.3) is 0 Å². The highest BCUT2D eigenvalue weighted by atomic mass is 79.9. The molecule has 0 aliphatic heterocycles. The van der Waals surface area contributed by atoms with Gasteiger partial charge in [0.15, 0.2) is 0 Å². The zero-order valence-corrected chi connectivity index (χ0v) is 18.0. The first kappa shape index (κ1) is 27.5. The molecule has 6 heteroatoms. The Kier molecular flexibility index (Phi) is 20.7. The van der Waals surface area contributed by atoms with Gasteiger partial charge in [-0.05, 0) is 44.0 Å². The number of halogens is 2. The predicted molar refractivity (Wildman–Crippen MR) is 107 cm³/mol. The smallest absolute Gasteiger partial charge is 0.332 e. The monoisotopic (exact) mass is 421 g/mol. The van der Waals surface area contributed by atoms with Crippen molar-refractivity contribution >= 4 is 38.7 Å². The fraction of sp³-hybridized carbons (Fsp3) is 0.444. The fourth-order valence-electron chi connectivity index (χ4n) is 0.714. The molecular formula is C18H29BrClNO3. The number of allylic oxidation sites excluding steroid dienone is 6. The van der Waals surface area contributed by atoms with Crippen LogP contribution in [0.5, 0.6) is 0 Å². The zero-order valence-electron chi connectivity index (χ0n) is 15.6. The number of nitrogens with one attached hydrogen (secondary N) is 1. The van der Waals surface area contributed by atoms with E-state index in [2.05, 4.69) is 46.4 Å². The number of carbonyl (C=O) groups is 2. The molecule has 0 saturated heterocycles. The molecule has 24 heavy (non-hydrogen) atoms. The number of hydrogen-bond donors (Lipinski definition) is 1. The fourth-order valence-corrected chi connectivity index (χ4v) is 0.909. The minimum atomic E-state index is -0.437. The standard InChI is InChI=1S/C9H10BrClO.C6H11NO2.C3H8/c1-6(2)8(10)5-4-7(3)9(11)12;1-5(7-2)4-6(8)9-3;1-3-2/h4-5H,1H2,2-3H3;4,7H,1-3H3;3H2,1-2H3/b7-4+,8-5+;5-4+;. The van der Waals surface area contributed by atoms with Gasteiger partial charge in [0, 0.05) is 28.9 Å². The number of rotatable bonds is 5. The van der Waals surface area contributed by atoms with Crippen LogP contribution >= 0.6 is 27.5 Å². The van der Waals surface area contributed by atoms with Gasteiger partial charge in [-0.3, -0.25) is 4.79 Å². The Morgan fingerprint density at radius 1 is 1.21 bits per heavy atom. The van der Waals surface area contributed by atoms with Crippen molar-refractivity contribution in [3.05, 3.63) is 46.1 Å². The minimum absolute atomic E-state index is 0.332. The van der Waals surface area contributed by atoms with E-state index < -0.39 is 5.24 Å². The molecule has 0 aromatic carbocycles. The average molecular weight is 423 g/mol. The third kappa shape index (κ3) is 20.7. The number of ether oxygens (including phenoxy) is 1. The Balaban J connectivity index is -0.000000324. The van der Waals surface area contributed by atoms with Crippen molar-refractivity contribution in [1.82, 2.24) is 5.32 Å². The van der Waals surface area contributed by atoms with Gasteiger partial charge in [-0.15, -0.1) is 0 Å². The molecule has 0 heterocycles. The van der Waals surface area contributed by atoms with Crippen molar-refractivity contribution in [1.29, 1.82) is 0 Å². The lowest BCUT2D eigenvalue weighted by molar-refractivity contribution is -0.134. The van der Waals surface area contributed by atoms with Crippen LogP contribution in [0.3, 0.4) is 0 Å². The van der Waals surface area contributed by atoms with Crippen LogP contribution in [0.4, 0.5) is 0 Å². The van der Waals surface area contributed by atoms with E-state index in [9.17, 15) is 9.59 Å². The Bertz CT molecular complexity index is 466. The maximum Gasteiger partial charge on any atom is 0.332 e. The molecular weight excluding hydrogens is 394 g/mol. The maximum atomic E-state index is 10.6. The molecule has 0 atom stereocenters. The van der Waals surface area contributed by atoms with Crippen molar-refractivity contribution in [2.45, 2.75) is 41.0 Å². The highest BCUT2D eigenvalue weighted by Crippen LogP contribution is 2.14. The molecule has 0 rings (SSSR count). The Labute approximate surface area is 159 Å². The van der Waals surface area contributed by atoms with Gasteiger partial charge in [-0.1, -0.05) is 48.9 Å². The minimum Gasteiger partial charge on any atom is -0.466 e. The second kappa shape index (κ2) is 18.0. The molecule has 0 unspecified atom stereocenters. The molecule has 0 aliphatic carbocycles. The van der Waals surface area contributed by atoms with E-state index in [1.54, 1.807) is 33.0 Å².